The van der Waals surface area contributed by atoms with E-state index in [-0.39, 0.29) is 12.1 Å². The molecule has 3 rings (SSSR count). The number of rotatable bonds is 4. The molecule has 24 heavy (non-hydrogen) atoms. The fourth-order valence-corrected chi connectivity index (χ4v) is 3.15. The van der Waals surface area contributed by atoms with Crippen molar-refractivity contribution >= 4 is 11.7 Å². The average molecular weight is 323 g/mol. The van der Waals surface area contributed by atoms with Gasteiger partial charge >= 0.3 is 6.03 Å². The highest BCUT2D eigenvalue weighted by Crippen LogP contribution is 2.20. The fraction of sp³-hybridized carbons (Fsp3) is 0.350. The second-order valence-electron chi connectivity index (χ2n) is 6.50. The Labute approximate surface area is 144 Å². The third-order valence-corrected chi connectivity index (χ3v) is 4.65. The maximum absolute atomic E-state index is 12.5. The Hall–Kier alpha value is -2.49. The van der Waals surface area contributed by atoms with Crippen LogP contribution in [-0.4, -0.2) is 37.1 Å². The molecular weight excluding hydrogens is 298 g/mol. The lowest BCUT2D eigenvalue weighted by Gasteiger charge is -2.23. The molecule has 1 aliphatic heterocycles. The Balaban J connectivity index is 1.53. The van der Waals surface area contributed by atoms with Gasteiger partial charge in [0.25, 0.3) is 0 Å². The molecule has 2 aromatic carbocycles. The molecule has 1 saturated heterocycles. The highest BCUT2D eigenvalue weighted by Gasteiger charge is 2.25. The van der Waals surface area contributed by atoms with E-state index < -0.39 is 0 Å². The van der Waals surface area contributed by atoms with E-state index in [1.165, 1.54) is 16.8 Å². The predicted molar refractivity (Wildman–Crippen MR) is 98.2 cm³/mol. The Morgan fingerprint density at radius 1 is 1.17 bits per heavy atom. The maximum Gasteiger partial charge on any atom is 0.317 e. The van der Waals surface area contributed by atoms with Gasteiger partial charge in [0.15, 0.2) is 0 Å². The number of aryl methyl sites for hydroxylation is 1. The van der Waals surface area contributed by atoms with Crippen LogP contribution in [0.5, 0.6) is 0 Å². The summed E-state index contributed by atoms with van der Waals surface area (Å²) >= 11 is 0. The molecule has 0 bridgehead atoms. The SMILES string of the molecule is Cc1ccccc1CN(C)C(=O)NC1CCN(c2ccccc2)C1. The van der Waals surface area contributed by atoms with E-state index in [1.54, 1.807) is 4.90 Å². The van der Waals surface area contributed by atoms with Gasteiger partial charge in [-0.25, -0.2) is 4.79 Å². The van der Waals surface area contributed by atoms with Crippen LogP contribution in [0.1, 0.15) is 17.5 Å². The van der Waals surface area contributed by atoms with E-state index in [1.807, 2.05) is 25.2 Å². The van der Waals surface area contributed by atoms with Crippen molar-refractivity contribution in [1.82, 2.24) is 10.2 Å². The number of carbonyl (C=O) groups excluding carboxylic acids is 1. The summed E-state index contributed by atoms with van der Waals surface area (Å²) in [6.07, 6.45) is 0.985. The molecule has 1 heterocycles. The Morgan fingerprint density at radius 2 is 1.88 bits per heavy atom. The Kier molecular flexibility index (Phi) is 5.04. The molecule has 0 saturated carbocycles. The van der Waals surface area contributed by atoms with Crippen molar-refractivity contribution in [3.63, 3.8) is 0 Å². The number of para-hydroxylation sites is 1. The zero-order valence-electron chi connectivity index (χ0n) is 14.4. The summed E-state index contributed by atoms with van der Waals surface area (Å²) in [6.45, 7) is 4.56. The molecule has 0 spiro atoms. The van der Waals surface area contributed by atoms with Crippen LogP contribution in [0.25, 0.3) is 0 Å². The summed E-state index contributed by atoms with van der Waals surface area (Å²) in [5, 5.41) is 3.16. The zero-order chi connectivity index (χ0) is 16.9. The van der Waals surface area contributed by atoms with Crippen LogP contribution < -0.4 is 10.2 Å². The normalized spacial score (nSPS) is 16.9. The van der Waals surface area contributed by atoms with Gasteiger partial charge in [0.1, 0.15) is 0 Å². The van der Waals surface area contributed by atoms with E-state index in [2.05, 4.69) is 53.5 Å². The smallest absolute Gasteiger partial charge is 0.317 e. The molecule has 4 nitrogen and oxygen atoms in total. The van der Waals surface area contributed by atoms with E-state index in [4.69, 9.17) is 0 Å². The van der Waals surface area contributed by atoms with Crippen molar-refractivity contribution in [2.24, 2.45) is 0 Å². The predicted octanol–water partition coefficient (Wildman–Crippen LogP) is 3.42. The molecule has 0 aliphatic carbocycles. The minimum atomic E-state index is -0.00170. The van der Waals surface area contributed by atoms with Crippen molar-refractivity contribution in [1.29, 1.82) is 0 Å². The highest BCUT2D eigenvalue weighted by atomic mass is 16.2. The molecule has 2 aromatic rings. The van der Waals surface area contributed by atoms with Gasteiger partial charge in [0, 0.05) is 38.4 Å². The number of amides is 2. The number of hydrogen-bond acceptors (Lipinski definition) is 2. The van der Waals surface area contributed by atoms with Crippen LogP contribution in [0.2, 0.25) is 0 Å². The van der Waals surface area contributed by atoms with Gasteiger partial charge < -0.3 is 15.1 Å². The maximum atomic E-state index is 12.5. The summed E-state index contributed by atoms with van der Waals surface area (Å²) in [6, 6.07) is 18.8. The molecule has 126 valence electrons. The summed E-state index contributed by atoms with van der Waals surface area (Å²) in [5.74, 6) is 0. The lowest BCUT2D eigenvalue weighted by Crippen LogP contribution is -2.44. The molecule has 4 heteroatoms. The summed E-state index contributed by atoms with van der Waals surface area (Å²) in [4.78, 5) is 16.5. The third-order valence-electron chi connectivity index (χ3n) is 4.65. The number of hydrogen-bond donors (Lipinski definition) is 1. The van der Waals surface area contributed by atoms with Gasteiger partial charge in [0.05, 0.1) is 0 Å². The second kappa shape index (κ2) is 7.39. The lowest BCUT2D eigenvalue weighted by molar-refractivity contribution is 0.203. The summed E-state index contributed by atoms with van der Waals surface area (Å²) in [7, 11) is 1.85. The van der Waals surface area contributed by atoms with Gasteiger partial charge in [-0.2, -0.15) is 0 Å². The molecular formula is C20H25N3O. The average Bonchev–Trinajstić information content (AvgIpc) is 3.06. The quantitative estimate of drug-likeness (QED) is 0.936. The number of nitrogens with one attached hydrogen (secondary N) is 1. The molecule has 1 unspecified atom stereocenters. The minimum Gasteiger partial charge on any atom is -0.369 e. The van der Waals surface area contributed by atoms with Crippen molar-refractivity contribution in [3.05, 3.63) is 65.7 Å². The van der Waals surface area contributed by atoms with Gasteiger partial charge in [-0.3, -0.25) is 0 Å². The zero-order valence-corrected chi connectivity index (χ0v) is 14.4. The largest absolute Gasteiger partial charge is 0.369 e. The molecule has 1 aliphatic rings. The monoisotopic (exact) mass is 323 g/mol. The van der Waals surface area contributed by atoms with E-state index in [0.29, 0.717) is 6.54 Å². The van der Waals surface area contributed by atoms with Gasteiger partial charge in [-0.1, -0.05) is 42.5 Å². The molecule has 0 radical (unpaired) electrons. The second-order valence-corrected chi connectivity index (χ2v) is 6.50. The van der Waals surface area contributed by atoms with Gasteiger partial charge in [-0.05, 0) is 36.6 Å². The topological polar surface area (TPSA) is 35.6 Å². The number of anilines is 1. The van der Waals surface area contributed by atoms with E-state index in [0.717, 1.165) is 19.5 Å². The van der Waals surface area contributed by atoms with Crippen LogP contribution in [0.15, 0.2) is 54.6 Å². The van der Waals surface area contributed by atoms with Crippen molar-refractivity contribution in [2.45, 2.75) is 25.9 Å². The lowest BCUT2D eigenvalue weighted by atomic mass is 10.1. The number of carbonyl (C=O) groups is 1. The molecule has 2 amide bonds. The van der Waals surface area contributed by atoms with Crippen LogP contribution >= 0.6 is 0 Å². The van der Waals surface area contributed by atoms with Crippen LogP contribution in [-0.2, 0) is 6.54 Å². The van der Waals surface area contributed by atoms with E-state index in [9.17, 15) is 4.79 Å². The number of nitrogens with zero attached hydrogens (tertiary/aromatic N) is 2. The van der Waals surface area contributed by atoms with Crippen LogP contribution in [0.3, 0.4) is 0 Å². The highest BCUT2D eigenvalue weighted by molar-refractivity contribution is 5.74. The van der Waals surface area contributed by atoms with Gasteiger partial charge in [-0.15, -0.1) is 0 Å². The third kappa shape index (κ3) is 3.88. The fourth-order valence-electron chi connectivity index (χ4n) is 3.15. The van der Waals surface area contributed by atoms with E-state index >= 15 is 0 Å². The first kappa shape index (κ1) is 16.4. The van der Waals surface area contributed by atoms with Crippen LogP contribution in [0, 0.1) is 6.92 Å². The Bertz CT molecular complexity index is 686. The van der Waals surface area contributed by atoms with Crippen molar-refractivity contribution < 1.29 is 4.79 Å². The Morgan fingerprint density at radius 3 is 2.62 bits per heavy atom. The van der Waals surface area contributed by atoms with Crippen molar-refractivity contribution in [3.8, 4) is 0 Å². The first-order valence-electron chi connectivity index (χ1n) is 8.49. The van der Waals surface area contributed by atoms with Crippen molar-refractivity contribution in [2.75, 3.05) is 25.0 Å². The summed E-state index contributed by atoms with van der Waals surface area (Å²) in [5.41, 5.74) is 3.63. The molecule has 1 atom stereocenters. The summed E-state index contributed by atoms with van der Waals surface area (Å²) < 4.78 is 0. The van der Waals surface area contributed by atoms with Gasteiger partial charge in [0.2, 0.25) is 0 Å². The molecule has 0 aromatic heterocycles. The number of benzene rings is 2. The first-order valence-corrected chi connectivity index (χ1v) is 8.49. The first-order chi connectivity index (χ1) is 11.6. The minimum absolute atomic E-state index is 0.00170. The number of urea groups is 1. The standard InChI is InChI=1S/C20H25N3O/c1-16-8-6-7-9-17(16)14-22(2)20(24)21-18-12-13-23(15-18)19-10-4-3-5-11-19/h3-11,18H,12-15H2,1-2H3,(H,21,24). The molecule has 1 N–H and O–H groups in total. The molecule has 1 fully saturated rings. The van der Waals surface area contributed by atoms with Crippen LogP contribution in [0.4, 0.5) is 10.5 Å².